The second-order valence-electron chi connectivity index (χ2n) is 7.48. The van der Waals surface area contributed by atoms with Crippen LogP contribution in [-0.4, -0.2) is 37.2 Å². The Hall–Kier alpha value is -0.320. The lowest BCUT2D eigenvalue weighted by atomic mass is 9.85. The molecular formula is C17H31ClN2O2. The van der Waals surface area contributed by atoms with Crippen molar-refractivity contribution >= 4 is 18.3 Å². The highest BCUT2D eigenvalue weighted by molar-refractivity contribution is 5.85. The minimum atomic E-state index is 0. The van der Waals surface area contributed by atoms with E-state index in [2.05, 4.69) is 24.5 Å². The first-order chi connectivity index (χ1) is 10.1. The summed E-state index contributed by atoms with van der Waals surface area (Å²) in [5.41, 5.74) is 0. The molecule has 1 amide bonds. The van der Waals surface area contributed by atoms with E-state index in [-0.39, 0.29) is 24.4 Å². The van der Waals surface area contributed by atoms with Crippen LogP contribution in [0.1, 0.15) is 52.4 Å². The lowest BCUT2D eigenvalue weighted by Gasteiger charge is -2.24. The van der Waals surface area contributed by atoms with Crippen LogP contribution >= 0.6 is 12.4 Å². The van der Waals surface area contributed by atoms with E-state index in [0.717, 1.165) is 31.9 Å². The number of carbonyl (C=O) groups excluding carboxylic acids is 1. The molecule has 0 aromatic rings. The van der Waals surface area contributed by atoms with Crippen LogP contribution in [0.4, 0.5) is 0 Å². The lowest BCUT2D eigenvalue weighted by molar-refractivity contribution is -0.123. The van der Waals surface area contributed by atoms with Crippen LogP contribution in [0.25, 0.3) is 0 Å². The van der Waals surface area contributed by atoms with Crippen molar-refractivity contribution in [1.82, 2.24) is 10.6 Å². The number of hydrogen-bond acceptors (Lipinski definition) is 3. The highest BCUT2D eigenvalue weighted by Gasteiger charge is 2.38. The fraction of sp³-hybridized carbons (Fsp3) is 0.941. The summed E-state index contributed by atoms with van der Waals surface area (Å²) in [6.45, 7) is 6.02. The molecule has 2 saturated heterocycles. The average molecular weight is 331 g/mol. The third kappa shape index (κ3) is 3.95. The maximum absolute atomic E-state index is 12.4. The van der Waals surface area contributed by atoms with Crippen molar-refractivity contribution in [2.45, 2.75) is 70.6 Å². The summed E-state index contributed by atoms with van der Waals surface area (Å²) in [7, 11) is 0. The molecule has 2 aliphatic heterocycles. The van der Waals surface area contributed by atoms with Gasteiger partial charge in [-0.15, -0.1) is 12.4 Å². The number of halogens is 1. The Morgan fingerprint density at radius 2 is 2.05 bits per heavy atom. The van der Waals surface area contributed by atoms with Crippen LogP contribution in [0.3, 0.4) is 0 Å². The summed E-state index contributed by atoms with van der Waals surface area (Å²) in [6, 6.07) is 0.630. The van der Waals surface area contributed by atoms with Crippen molar-refractivity contribution in [3.8, 4) is 0 Å². The summed E-state index contributed by atoms with van der Waals surface area (Å²) in [6.07, 6.45) is 7.63. The maximum atomic E-state index is 12.4. The van der Waals surface area contributed by atoms with E-state index in [4.69, 9.17) is 4.74 Å². The van der Waals surface area contributed by atoms with Gasteiger partial charge < -0.3 is 15.4 Å². The summed E-state index contributed by atoms with van der Waals surface area (Å²) in [4.78, 5) is 12.4. The molecule has 2 N–H and O–H groups in total. The second kappa shape index (κ2) is 7.98. The smallest absolute Gasteiger partial charge is 0.237 e. The number of hydrogen-bond donors (Lipinski definition) is 2. The van der Waals surface area contributed by atoms with Crippen molar-refractivity contribution in [1.29, 1.82) is 0 Å². The second-order valence-corrected chi connectivity index (χ2v) is 7.48. The van der Waals surface area contributed by atoms with Crippen LogP contribution in [0, 0.1) is 17.8 Å². The quantitative estimate of drug-likeness (QED) is 0.832. The summed E-state index contributed by atoms with van der Waals surface area (Å²) in [5.74, 6) is 1.95. The molecule has 128 valence electrons. The molecule has 3 aliphatic rings. The standard InChI is InChI=1S/C17H30N2O2.ClH/c1-11(2)16-13(7-8-21-16)10-18-17(20)15-9-12-5-3-4-6-14(12)19-15;/h11-16,19H,3-10H2,1-2H3,(H,18,20);1H. The van der Waals surface area contributed by atoms with Crippen molar-refractivity contribution in [2.75, 3.05) is 13.2 Å². The van der Waals surface area contributed by atoms with Crippen LogP contribution in [0.5, 0.6) is 0 Å². The topological polar surface area (TPSA) is 50.4 Å². The molecule has 5 heteroatoms. The Morgan fingerprint density at radius 3 is 2.77 bits per heavy atom. The molecule has 3 rings (SSSR count). The SMILES string of the molecule is CC(C)C1OCCC1CNC(=O)C1CC2CCCCC2N1.Cl. The monoisotopic (exact) mass is 330 g/mol. The average Bonchev–Trinajstić information content (AvgIpc) is 3.10. The Kier molecular flexibility index (Phi) is 6.54. The first-order valence-corrected chi connectivity index (χ1v) is 8.80. The number of carbonyl (C=O) groups is 1. The molecule has 22 heavy (non-hydrogen) atoms. The zero-order chi connectivity index (χ0) is 14.8. The molecular weight excluding hydrogens is 300 g/mol. The highest BCUT2D eigenvalue weighted by Crippen LogP contribution is 2.33. The number of ether oxygens (including phenoxy) is 1. The van der Waals surface area contributed by atoms with E-state index in [1.54, 1.807) is 0 Å². The van der Waals surface area contributed by atoms with Gasteiger partial charge in [-0.1, -0.05) is 26.7 Å². The van der Waals surface area contributed by atoms with Crippen molar-refractivity contribution in [3.63, 3.8) is 0 Å². The summed E-state index contributed by atoms with van der Waals surface area (Å²) in [5, 5.41) is 6.74. The van der Waals surface area contributed by atoms with Crippen LogP contribution in [-0.2, 0) is 9.53 Å². The van der Waals surface area contributed by atoms with E-state index < -0.39 is 0 Å². The van der Waals surface area contributed by atoms with Gasteiger partial charge >= 0.3 is 0 Å². The summed E-state index contributed by atoms with van der Waals surface area (Å²) < 4.78 is 5.80. The molecule has 2 heterocycles. The van der Waals surface area contributed by atoms with E-state index >= 15 is 0 Å². The molecule has 3 fully saturated rings. The Labute approximate surface area is 140 Å². The van der Waals surface area contributed by atoms with Gasteiger partial charge in [-0.05, 0) is 37.5 Å². The normalized spacial score (nSPS) is 37.7. The molecule has 1 saturated carbocycles. The largest absolute Gasteiger partial charge is 0.378 e. The fourth-order valence-corrected chi connectivity index (χ4v) is 4.49. The van der Waals surface area contributed by atoms with Gasteiger partial charge in [0.2, 0.25) is 5.91 Å². The van der Waals surface area contributed by atoms with Crippen LogP contribution < -0.4 is 10.6 Å². The number of amides is 1. The Morgan fingerprint density at radius 1 is 1.27 bits per heavy atom. The van der Waals surface area contributed by atoms with E-state index in [1.807, 2.05) is 0 Å². The van der Waals surface area contributed by atoms with Crippen LogP contribution in [0.2, 0.25) is 0 Å². The highest BCUT2D eigenvalue weighted by atomic mass is 35.5. The first kappa shape index (κ1) is 18.0. The number of rotatable bonds is 4. The maximum Gasteiger partial charge on any atom is 0.237 e. The van der Waals surface area contributed by atoms with Gasteiger partial charge in [0, 0.05) is 25.1 Å². The molecule has 4 nitrogen and oxygen atoms in total. The third-order valence-electron chi connectivity index (χ3n) is 5.64. The molecule has 0 spiro atoms. The van der Waals surface area contributed by atoms with E-state index in [9.17, 15) is 4.79 Å². The molecule has 0 radical (unpaired) electrons. The first-order valence-electron chi connectivity index (χ1n) is 8.80. The van der Waals surface area contributed by atoms with Crippen molar-refractivity contribution in [2.24, 2.45) is 17.8 Å². The minimum Gasteiger partial charge on any atom is -0.378 e. The molecule has 0 bridgehead atoms. The zero-order valence-electron chi connectivity index (χ0n) is 13.8. The van der Waals surface area contributed by atoms with Gasteiger partial charge in [-0.25, -0.2) is 0 Å². The van der Waals surface area contributed by atoms with Crippen molar-refractivity contribution in [3.05, 3.63) is 0 Å². The van der Waals surface area contributed by atoms with Crippen molar-refractivity contribution < 1.29 is 9.53 Å². The predicted octanol–water partition coefficient (Wildman–Crippen LogP) is 2.51. The molecule has 5 atom stereocenters. The molecule has 5 unspecified atom stereocenters. The van der Waals surface area contributed by atoms with Gasteiger partial charge in [0.1, 0.15) is 0 Å². The molecule has 0 aromatic carbocycles. The minimum absolute atomic E-state index is 0. The van der Waals surface area contributed by atoms with Gasteiger partial charge in [0.05, 0.1) is 12.1 Å². The predicted molar refractivity (Wildman–Crippen MR) is 90.2 cm³/mol. The van der Waals surface area contributed by atoms with Gasteiger partial charge in [-0.2, -0.15) is 0 Å². The lowest BCUT2D eigenvalue weighted by Crippen LogP contribution is -2.45. The van der Waals surface area contributed by atoms with Gasteiger partial charge in [0.15, 0.2) is 0 Å². The van der Waals surface area contributed by atoms with Gasteiger partial charge in [-0.3, -0.25) is 4.79 Å². The molecule has 0 aromatic heterocycles. The van der Waals surface area contributed by atoms with E-state index in [0.29, 0.717) is 24.0 Å². The molecule has 1 aliphatic carbocycles. The van der Waals surface area contributed by atoms with E-state index in [1.165, 1.54) is 25.7 Å². The Balaban J connectivity index is 0.00000176. The summed E-state index contributed by atoms with van der Waals surface area (Å²) >= 11 is 0. The third-order valence-corrected chi connectivity index (χ3v) is 5.64. The number of fused-ring (bicyclic) bond motifs is 1. The van der Waals surface area contributed by atoms with Crippen LogP contribution in [0.15, 0.2) is 0 Å². The fourth-order valence-electron chi connectivity index (χ4n) is 4.49. The van der Waals surface area contributed by atoms with Gasteiger partial charge in [0.25, 0.3) is 0 Å². The number of nitrogens with one attached hydrogen (secondary N) is 2. The Bertz CT molecular complexity index is 364. The zero-order valence-corrected chi connectivity index (χ0v) is 14.7.